The number of hydrogen-bond acceptors (Lipinski definition) is 2. The van der Waals surface area contributed by atoms with Gasteiger partial charge in [0.05, 0.1) is 0 Å². The Morgan fingerprint density at radius 3 is 2.57 bits per heavy atom. The summed E-state index contributed by atoms with van der Waals surface area (Å²) < 4.78 is 0. The van der Waals surface area contributed by atoms with Gasteiger partial charge >= 0.3 is 0 Å². The fourth-order valence-corrected chi connectivity index (χ4v) is 2.11. The highest BCUT2D eigenvalue weighted by Crippen LogP contribution is 2.25. The Morgan fingerprint density at radius 1 is 1.50 bits per heavy atom. The summed E-state index contributed by atoms with van der Waals surface area (Å²) in [6, 6.07) is 0.317. The quantitative estimate of drug-likeness (QED) is 0.740. The van der Waals surface area contributed by atoms with E-state index in [1.807, 2.05) is 11.8 Å². The second-order valence-electron chi connectivity index (χ2n) is 4.73. The van der Waals surface area contributed by atoms with Gasteiger partial charge in [0.25, 0.3) is 0 Å². The van der Waals surface area contributed by atoms with E-state index in [0.717, 1.165) is 13.0 Å². The zero-order valence-electron chi connectivity index (χ0n) is 9.36. The molecule has 1 fully saturated rings. The van der Waals surface area contributed by atoms with Crippen LogP contribution >= 0.6 is 0 Å². The largest absolute Gasteiger partial charge is 0.396 e. The lowest BCUT2D eigenvalue weighted by atomic mass is 9.96. The molecule has 0 aliphatic carbocycles. The fraction of sp³-hybridized carbons (Fsp3) is 0.909. The molecule has 0 aromatic heterocycles. The highest BCUT2D eigenvalue weighted by Gasteiger charge is 2.31. The van der Waals surface area contributed by atoms with Crippen LogP contribution in [0.2, 0.25) is 0 Å². The van der Waals surface area contributed by atoms with Gasteiger partial charge in [0.1, 0.15) is 0 Å². The minimum Gasteiger partial charge on any atom is -0.396 e. The summed E-state index contributed by atoms with van der Waals surface area (Å²) in [5.41, 5.74) is 0. The van der Waals surface area contributed by atoms with Crippen molar-refractivity contribution in [3.8, 4) is 0 Å². The van der Waals surface area contributed by atoms with Crippen LogP contribution < -0.4 is 0 Å². The molecule has 1 rings (SSSR count). The summed E-state index contributed by atoms with van der Waals surface area (Å²) in [7, 11) is 0. The summed E-state index contributed by atoms with van der Waals surface area (Å²) in [6.45, 7) is 7.24. The van der Waals surface area contributed by atoms with E-state index in [4.69, 9.17) is 5.11 Å². The van der Waals surface area contributed by atoms with E-state index in [0.29, 0.717) is 24.3 Å². The lowest BCUT2D eigenvalue weighted by Gasteiger charge is -2.21. The first-order valence-electron chi connectivity index (χ1n) is 5.45. The molecule has 0 aromatic rings. The molecule has 1 aliphatic rings. The molecule has 3 nitrogen and oxygen atoms in total. The van der Waals surface area contributed by atoms with Crippen molar-refractivity contribution >= 4 is 5.91 Å². The summed E-state index contributed by atoms with van der Waals surface area (Å²) in [5.74, 6) is 1.04. The Kier molecular flexibility index (Phi) is 3.93. The van der Waals surface area contributed by atoms with Crippen LogP contribution in [0.15, 0.2) is 0 Å². The average molecular weight is 199 g/mol. The van der Waals surface area contributed by atoms with Crippen molar-refractivity contribution in [1.29, 1.82) is 0 Å². The maximum absolute atomic E-state index is 11.6. The van der Waals surface area contributed by atoms with Crippen molar-refractivity contribution < 1.29 is 9.90 Å². The first-order chi connectivity index (χ1) is 6.54. The minimum absolute atomic E-state index is 0.229. The maximum atomic E-state index is 11.6. The molecule has 0 aromatic carbocycles. The Hall–Kier alpha value is -0.570. The Balaban J connectivity index is 2.42. The number of hydrogen-bond donors (Lipinski definition) is 1. The monoisotopic (exact) mass is 199 g/mol. The Bertz CT molecular complexity index is 203. The standard InChI is InChI=1S/C11H21NO2/c1-8(2)12-6-10(5-11(12)14)4-9(3)7-13/h8-10,13H,4-7H2,1-3H3/t9?,10-/m0/s1. The molecule has 0 bridgehead atoms. The lowest BCUT2D eigenvalue weighted by Crippen LogP contribution is -2.32. The molecule has 1 aliphatic heterocycles. The number of carbonyl (C=O) groups excluding carboxylic acids is 1. The van der Waals surface area contributed by atoms with Crippen LogP contribution in [0.1, 0.15) is 33.6 Å². The second kappa shape index (κ2) is 4.78. The predicted octanol–water partition coefficient (Wildman–Crippen LogP) is 1.26. The van der Waals surface area contributed by atoms with Gasteiger partial charge in [-0.3, -0.25) is 4.79 Å². The van der Waals surface area contributed by atoms with E-state index < -0.39 is 0 Å². The van der Waals surface area contributed by atoms with Crippen molar-refractivity contribution in [2.75, 3.05) is 13.2 Å². The summed E-state index contributed by atoms with van der Waals surface area (Å²) in [5, 5.41) is 8.94. The molecule has 2 atom stereocenters. The van der Waals surface area contributed by atoms with Gasteiger partial charge in [0, 0.05) is 25.6 Å². The van der Waals surface area contributed by atoms with Gasteiger partial charge in [0.15, 0.2) is 0 Å². The van der Waals surface area contributed by atoms with E-state index in [2.05, 4.69) is 13.8 Å². The van der Waals surface area contributed by atoms with Gasteiger partial charge in [-0.25, -0.2) is 0 Å². The third kappa shape index (κ3) is 2.71. The first-order valence-corrected chi connectivity index (χ1v) is 5.45. The fourth-order valence-electron chi connectivity index (χ4n) is 2.11. The molecular weight excluding hydrogens is 178 g/mol. The molecule has 3 heteroatoms. The van der Waals surface area contributed by atoms with E-state index >= 15 is 0 Å². The summed E-state index contributed by atoms with van der Waals surface area (Å²) >= 11 is 0. The lowest BCUT2D eigenvalue weighted by molar-refractivity contribution is -0.129. The molecule has 1 amide bonds. The third-order valence-corrected chi connectivity index (χ3v) is 2.91. The molecule has 14 heavy (non-hydrogen) atoms. The molecule has 0 spiro atoms. The van der Waals surface area contributed by atoms with Crippen LogP contribution in [0.4, 0.5) is 0 Å². The molecule has 1 unspecified atom stereocenters. The van der Waals surface area contributed by atoms with Crippen molar-refractivity contribution in [2.24, 2.45) is 11.8 Å². The zero-order chi connectivity index (χ0) is 10.7. The minimum atomic E-state index is 0.229. The van der Waals surface area contributed by atoms with Gasteiger partial charge in [-0.1, -0.05) is 6.92 Å². The molecule has 0 radical (unpaired) electrons. The average Bonchev–Trinajstić information content (AvgIpc) is 2.46. The predicted molar refractivity (Wildman–Crippen MR) is 55.8 cm³/mol. The summed E-state index contributed by atoms with van der Waals surface area (Å²) in [6.07, 6.45) is 1.63. The van der Waals surface area contributed by atoms with Crippen LogP contribution in [-0.4, -0.2) is 35.1 Å². The van der Waals surface area contributed by atoms with Crippen molar-refractivity contribution in [2.45, 2.75) is 39.7 Å². The highest BCUT2D eigenvalue weighted by atomic mass is 16.3. The van der Waals surface area contributed by atoms with Gasteiger partial charge in [-0.2, -0.15) is 0 Å². The number of nitrogens with zero attached hydrogens (tertiary/aromatic N) is 1. The normalized spacial score (nSPS) is 24.8. The van der Waals surface area contributed by atoms with E-state index in [-0.39, 0.29) is 12.5 Å². The van der Waals surface area contributed by atoms with Crippen molar-refractivity contribution in [3.63, 3.8) is 0 Å². The van der Waals surface area contributed by atoms with Crippen LogP contribution in [0, 0.1) is 11.8 Å². The molecule has 1 saturated heterocycles. The number of aliphatic hydroxyl groups is 1. The van der Waals surface area contributed by atoms with Gasteiger partial charge < -0.3 is 10.0 Å². The van der Waals surface area contributed by atoms with E-state index in [1.54, 1.807) is 0 Å². The van der Waals surface area contributed by atoms with Gasteiger partial charge in [-0.05, 0) is 32.1 Å². The number of rotatable bonds is 4. The summed E-state index contributed by atoms with van der Waals surface area (Å²) in [4.78, 5) is 13.5. The van der Waals surface area contributed by atoms with Crippen molar-refractivity contribution in [1.82, 2.24) is 4.90 Å². The highest BCUT2D eigenvalue weighted by molar-refractivity contribution is 5.78. The third-order valence-electron chi connectivity index (χ3n) is 2.91. The van der Waals surface area contributed by atoms with Gasteiger partial charge in [0.2, 0.25) is 5.91 Å². The SMILES string of the molecule is CC(CO)C[C@H]1CC(=O)N(C(C)C)C1. The molecule has 1 heterocycles. The van der Waals surface area contributed by atoms with Gasteiger partial charge in [-0.15, -0.1) is 0 Å². The number of amides is 1. The Labute approximate surface area is 86.1 Å². The number of carbonyl (C=O) groups is 1. The topological polar surface area (TPSA) is 40.5 Å². The number of aliphatic hydroxyl groups excluding tert-OH is 1. The second-order valence-corrected chi connectivity index (χ2v) is 4.73. The van der Waals surface area contributed by atoms with Crippen LogP contribution in [-0.2, 0) is 4.79 Å². The van der Waals surface area contributed by atoms with E-state index in [9.17, 15) is 4.79 Å². The van der Waals surface area contributed by atoms with Crippen molar-refractivity contribution in [3.05, 3.63) is 0 Å². The zero-order valence-corrected chi connectivity index (χ0v) is 9.36. The number of likely N-dealkylation sites (tertiary alicyclic amines) is 1. The van der Waals surface area contributed by atoms with Crippen LogP contribution in [0.3, 0.4) is 0 Å². The Morgan fingerprint density at radius 2 is 2.14 bits per heavy atom. The smallest absolute Gasteiger partial charge is 0.223 e. The first kappa shape index (κ1) is 11.5. The van der Waals surface area contributed by atoms with Crippen LogP contribution in [0.5, 0.6) is 0 Å². The van der Waals surface area contributed by atoms with E-state index in [1.165, 1.54) is 0 Å². The molecule has 1 N–H and O–H groups in total. The molecule has 82 valence electrons. The maximum Gasteiger partial charge on any atom is 0.223 e. The van der Waals surface area contributed by atoms with Crippen LogP contribution in [0.25, 0.3) is 0 Å². The molecule has 0 saturated carbocycles. The molecular formula is C11H21NO2.